The van der Waals surface area contributed by atoms with Crippen molar-refractivity contribution >= 4 is 45.1 Å². The number of anilines is 1. The average Bonchev–Trinajstić information content (AvgIpc) is 3.12. The lowest BCUT2D eigenvalue weighted by Crippen LogP contribution is -2.49. The molecule has 1 aliphatic rings. The molecule has 0 aliphatic carbocycles. The SMILES string of the molecule is CCOC(=O)N1CCN(c2nc(Cl)nc3scc(-c4ccc(F)cc4)c23)CC1. The number of nitrogens with zero attached hydrogens (tertiary/aromatic N) is 4. The Morgan fingerprint density at radius 2 is 1.93 bits per heavy atom. The number of aromatic nitrogens is 2. The number of carbonyl (C=O) groups is 1. The van der Waals surface area contributed by atoms with Gasteiger partial charge >= 0.3 is 6.09 Å². The predicted octanol–water partition coefficient (Wildman–Crippen LogP) is 4.43. The van der Waals surface area contributed by atoms with Gasteiger partial charge in [-0.3, -0.25) is 0 Å². The summed E-state index contributed by atoms with van der Waals surface area (Å²) in [5, 5.41) is 3.06. The second kappa shape index (κ2) is 7.89. The van der Waals surface area contributed by atoms with Gasteiger partial charge in [-0.25, -0.2) is 14.2 Å². The molecule has 0 atom stereocenters. The smallest absolute Gasteiger partial charge is 0.409 e. The van der Waals surface area contributed by atoms with Gasteiger partial charge in [0.1, 0.15) is 16.5 Å². The van der Waals surface area contributed by atoms with E-state index in [0.29, 0.717) is 32.8 Å². The summed E-state index contributed by atoms with van der Waals surface area (Å²) in [6.07, 6.45) is -0.296. The Labute approximate surface area is 170 Å². The van der Waals surface area contributed by atoms with E-state index in [1.807, 2.05) is 5.38 Å². The van der Waals surface area contributed by atoms with Crippen molar-refractivity contribution in [2.24, 2.45) is 0 Å². The molecule has 9 heteroatoms. The third kappa shape index (κ3) is 3.62. The van der Waals surface area contributed by atoms with Crippen LogP contribution < -0.4 is 4.90 Å². The Hall–Kier alpha value is -2.45. The molecule has 3 heterocycles. The van der Waals surface area contributed by atoms with Gasteiger partial charge in [0.15, 0.2) is 0 Å². The highest BCUT2D eigenvalue weighted by molar-refractivity contribution is 7.17. The third-order valence-corrected chi connectivity index (χ3v) is 5.69. The minimum Gasteiger partial charge on any atom is -0.450 e. The van der Waals surface area contributed by atoms with Crippen molar-refractivity contribution in [2.45, 2.75) is 6.92 Å². The van der Waals surface area contributed by atoms with E-state index in [-0.39, 0.29) is 17.2 Å². The fourth-order valence-corrected chi connectivity index (χ4v) is 4.44. The molecule has 146 valence electrons. The molecule has 0 unspecified atom stereocenters. The van der Waals surface area contributed by atoms with Crippen LogP contribution in [-0.4, -0.2) is 53.7 Å². The van der Waals surface area contributed by atoms with Crippen LogP contribution in [0.15, 0.2) is 29.6 Å². The highest BCUT2D eigenvalue weighted by atomic mass is 35.5. The predicted molar refractivity (Wildman–Crippen MR) is 109 cm³/mol. The summed E-state index contributed by atoms with van der Waals surface area (Å²) in [6, 6.07) is 6.36. The van der Waals surface area contributed by atoms with Crippen LogP contribution in [0, 0.1) is 5.82 Å². The van der Waals surface area contributed by atoms with Gasteiger partial charge in [-0.2, -0.15) is 4.98 Å². The molecule has 0 N–H and O–H groups in total. The van der Waals surface area contributed by atoms with Crippen molar-refractivity contribution in [3.05, 3.63) is 40.7 Å². The van der Waals surface area contributed by atoms with Crippen molar-refractivity contribution < 1.29 is 13.9 Å². The van der Waals surface area contributed by atoms with Crippen molar-refractivity contribution in [3.8, 4) is 11.1 Å². The molecule has 6 nitrogen and oxygen atoms in total. The monoisotopic (exact) mass is 420 g/mol. The summed E-state index contributed by atoms with van der Waals surface area (Å²) in [4.78, 5) is 25.3. The molecule has 0 spiro atoms. The van der Waals surface area contributed by atoms with Gasteiger partial charge < -0.3 is 14.5 Å². The summed E-state index contributed by atoms with van der Waals surface area (Å²) >= 11 is 7.64. The first kappa shape index (κ1) is 18.9. The molecule has 0 bridgehead atoms. The fraction of sp³-hybridized carbons (Fsp3) is 0.316. The van der Waals surface area contributed by atoms with E-state index in [9.17, 15) is 9.18 Å². The van der Waals surface area contributed by atoms with Crippen molar-refractivity contribution in [2.75, 3.05) is 37.7 Å². The number of benzene rings is 1. The highest BCUT2D eigenvalue weighted by Crippen LogP contribution is 2.39. The summed E-state index contributed by atoms with van der Waals surface area (Å²) in [6.45, 7) is 4.45. The molecular weight excluding hydrogens is 403 g/mol. The molecule has 28 heavy (non-hydrogen) atoms. The maximum Gasteiger partial charge on any atom is 0.409 e. The Bertz CT molecular complexity index is 1000. The maximum absolute atomic E-state index is 13.3. The number of halogens is 2. The van der Waals surface area contributed by atoms with E-state index in [1.54, 1.807) is 24.0 Å². The lowest BCUT2D eigenvalue weighted by molar-refractivity contribution is 0.105. The number of piperazine rings is 1. The molecule has 0 saturated carbocycles. The lowest BCUT2D eigenvalue weighted by Gasteiger charge is -2.35. The first-order chi connectivity index (χ1) is 13.6. The van der Waals surface area contributed by atoms with Crippen LogP contribution >= 0.6 is 22.9 Å². The van der Waals surface area contributed by atoms with Gasteiger partial charge in [0.25, 0.3) is 0 Å². The highest BCUT2D eigenvalue weighted by Gasteiger charge is 2.26. The number of ether oxygens (including phenoxy) is 1. The number of rotatable bonds is 3. The van der Waals surface area contributed by atoms with Gasteiger partial charge in [-0.1, -0.05) is 12.1 Å². The second-order valence-corrected chi connectivity index (χ2v) is 7.52. The number of hydrogen-bond acceptors (Lipinski definition) is 6. The average molecular weight is 421 g/mol. The van der Waals surface area contributed by atoms with Crippen LogP contribution in [0.1, 0.15) is 6.92 Å². The Balaban J connectivity index is 1.68. The number of carbonyl (C=O) groups excluding carboxylic acids is 1. The van der Waals surface area contributed by atoms with Crippen LogP contribution in [0.5, 0.6) is 0 Å². The topological polar surface area (TPSA) is 58.6 Å². The molecular formula is C19H18ClFN4O2S. The van der Waals surface area contributed by atoms with Crippen molar-refractivity contribution in [1.82, 2.24) is 14.9 Å². The van der Waals surface area contributed by atoms with Crippen molar-refractivity contribution in [1.29, 1.82) is 0 Å². The number of thiophene rings is 1. The lowest BCUT2D eigenvalue weighted by atomic mass is 10.1. The first-order valence-corrected chi connectivity index (χ1v) is 10.2. The van der Waals surface area contributed by atoms with E-state index in [4.69, 9.17) is 16.3 Å². The van der Waals surface area contributed by atoms with E-state index in [2.05, 4.69) is 14.9 Å². The number of fused-ring (bicyclic) bond motifs is 1. The standard InChI is InChI=1S/C19H18ClFN4O2S/c1-2-27-19(26)25-9-7-24(8-10-25)16-15-14(12-3-5-13(21)6-4-12)11-28-17(15)23-18(20)22-16/h3-6,11H,2,7-10H2,1H3. The molecule has 1 amide bonds. The van der Waals surface area contributed by atoms with Gasteiger partial charge in [0, 0.05) is 37.1 Å². The maximum atomic E-state index is 13.3. The molecule has 0 radical (unpaired) electrons. The van der Waals surface area contributed by atoms with Crippen LogP contribution in [0.2, 0.25) is 5.28 Å². The zero-order valence-corrected chi connectivity index (χ0v) is 16.8. The quantitative estimate of drug-likeness (QED) is 0.587. The molecule has 1 saturated heterocycles. The summed E-state index contributed by atoms with van der Waals surface area (Å²) in [5.41, 5.74) is 1.84. The van der Waals surface area contributed by atoms with Crippen molar-refractivity contribution in [3.63, 3.8) is 0 Å². The van der Waals surface area contributed by atoms with E-state index < -0.39 is 0 Å². The normalized spacial score (nSPS) is 14.5. The van der Waals surface area contributed by atoms with Crippen LogP contribution in [0.3, 0.4) is 0 Å². The second-order valence-electron chi connectivity index (χ2n) is 6.33. The minimum absolute atomic E-state index is 0.183. The third-order valence-electron chi connectivity index (χ3n) is 4.65. The van der Waals surface area contributed by atoms with Gasteiger partial charge in [-0.15, -0.1) is 11.3 Å². The van der Waals surface area contributed by atoms with Gasteiger partial charge in [-0.05, 0) is 36.2 Å². The zero-order chi connectivity index (χ0) is 19.7. The molecule has 3 aromatic rings. The fourth-order valence-electron chi connectivity index (χ4n) is 3.28. The summed E-state index contributed by atoms with van der Waals surface area (Å²) in [5.74, 6) is 0.456. The minimum atomic E-state index is -0.296. The summed E-state index contributed by atoms with van der Waals surface area (Å²) < 4.78 is 18.4. The zero-order valence-electron chi connectivity index (χ0n) is 15.2. The van der Waals surface area contributed by atoms with Crippen LogP contribution in [-0.2, 0) is 4.74 Å². The van der Waals surface area contributed by atoms with Gasteiger partial charge in [0.2, 0.25) is 5.28 Å². The first-order valence-electron chi connectivity index (χ1n) is 8.94. The molecule has 1 aliphatic heterocycles. The van der Waals surface area contributed by atoms with Crippen LogP contribution in [0.4, 0.5) is 15.0 Å². The van der Waals surface area contributed by atoms with E-state index >= 15 is 0 Å². The Morgan fingerprint density at radius 1 is 1.21 bits per heavy atom. The van der Waals surface area contributed by atoms with E-state index in [1.165, 1.54) is 23.5 Å². The van der Waals surface area contributed by atoms with Crippen LogP contribution in [0.25, 0.3) is 21.3 Å². The van der Waals surface area contributed by atoms with E-state index in [0.717, 1.165) is 27.2 Å². The Kier molecular flexibility index (Phi) is 5.32. The number of hydrogen-bond donors (Lipinski definition) is 0. The number of amides is 1. The molecule has 4 rings (SSSR count). The summed E-state index contributed by atoms with van der Waals surface area (Å²) in [7, 11) is 0. The molecule has 2 aromatic heterocycles. The van der Waals surface area contributed by atoms with Gasteiger partial charge in [0.05, 0.1) is 12.0 Å². The Morgan fingerprint density at radius 3 is 2.61 bits per heavy atom. The molecule has 1 fully saturated rings. The largest absolute Gasteiger partial charge is 0.450 e. The molecule has 1 aromatic carbocycles.